The zero-order valence-electron chi connectivity index (χ0n) is 8.36. The summed E-state index contributed by atoms with van der Waals surface area (Å²) in [5, 5.41) is 16.3. The molecule has 0 spiro atoms. The van der Waals surface area contributed by atoms with Crippen molar-refractivity contribution in [1.29, 1.82) is 0 Å². The number of unbranched alkanes of at least 4 members (excludes halogenated alkanes) is 1. The molecule has 13 heavy (non-hydrogen) atoms. The third-order valence-corrected chi connectivity index (χ3v) is 1.41. The van der Waals surface area contributed by atoms with E-state index in [0.717, 1.165) is 12.8 Å². The Morgan fingerprint density at radius 1 is 1.54 bits per heavy atom. The molecule has 0 aliphatic heterocycles. The van der Waals surface area contributed by atoms with E-state index in [1.165, 1.54) is 0 Å². The highest BCUT2D eigenvalue weighted by atomic mass is 16.4. The smallest absolute Gasteiger partial charge is 0.320 e. The van der Waals surface area contributed by atoms with Crippen molar-refractivity contribution in [3.8, 4) is 0 Å². The van der Waals surface area contributed by atoms with Gasteiger partial charge in [-0.2, -0.15) is 0 Å². The summed E-state index contributed by atoms with van der Waals surface area (Å²) >= 11 is 0. The van der Waals surface area contributed by atoms with E-state index in [2.05, 4.69) is 6.92 Å². The van der Waals surface area contributed by atoms with Gasteiger partial charge in [-0.15, -0.1) is 0 Å². The normalized spacial score (nSPS) is 11.8. The predicted molar refractivity (Wildman–Crippen MR) is 52.1 cm³/mol. The van der Waals surface area contributed by atoms with Gasteiger partial charge in [-0.3, -0.25) is 4.79 Å². The Kier molecular flexibility index (Phi) is 10.9. The Morgan fingerprint density at radius 2 is 2.00 bits per heavy atom. The molecule has 0 aromatic heterocycles. The number of rotatable bonds is 4. The lowest BCUT2D eigenvalue weighted by Crippen LogP contribution is -2.34. The highest BCUT2D eigenvalue weighted by molar-refractivity contribution is 5.73. The summed E-state index contributed by atoms with van der Waals surface area (Å²) in [6.45, 7) is 7.35. The Morgan fingerprint density at radius 3 is 2.00 bits per heavy atom. The van der Waals surface area contributed by atoms with Crippen molar-refractivity contribution >= 4 is 5.97 Å². The topological polar surface area (TPSA) is 83.6 Å². The van der Waals surface area contributed by atoms with Crippen molar-refractivity contribution < 1.29 is 15.0 Å². The molecule has 0 aromatic carbocycles. The lowest BCUT2D eigenvalue weighted by molar-refractivity contribution is -0.139. The second-order valence-corrected chi connectivity index (χ2v) is 3.04. The van der Waals surface area contributed by atoms with Gasteiger partial charge in [-0.25, -0.2) is 0 Å². The molecule has 0 saturated heterocycles. The van der Waals surface area contributed by atoms with Crippen LogP contribution in [-0.2, 0) is 4.79 Å². The molecule has 0 amide bonds. The van der Waals surface area contributed by atoms with E-state index in [1.54, 1.807) is 13.8 Å². The Bertz CT molecular complexity index is 124. The zero-order chi connectivity index (χ0) is 10.9. The molecule has 0 rings (SSSR count). The summed E-state index contributed by atoms with van der Waals surface area (Å²) < 4.78 is 0. The van der Waals surface area contributed by atoms with E-state index in [-0.39, 0.29) is 12.5 Å². The highest BCUT2D eigenvalue weighted by Gasteiger charge is 2.14. The first-order chi connectivity index (χ1) is 5.97. The predicted octanol–water partition coefficient (Wildman–Crippen LogP) is 0.647. The van der Waals surface area contributed by atoms with Crippen molar-refractivity contribution in [2.24, 2.45) is 11.7 Å². The summed E-state index contributed by atoms with van der Waals surface area (Å²) in [6.07, 6.45) is 1.68. The Balaban J connectivity index is 0. The number of nitrogens with two attached hydrogens (primary N) is 1. The number of hydrogen-bond acceptors (Lipinski definition) is 3. The molecular weight excluding hydrogens is 170 g/mol. The fourth-order valence-electron chi connectivity index (χ4n) is 0.397. The minimum atomic E-state index is -0.931. The van der Waals surface area contributed by atoms with Gasteiger partial charge in [0.25, 0.3) is 0 Å². The van der Waals surface area contributed by atoms with Gasteiger partial charge in [-0.05, 0) is 12.3 Å². The lowest BCUT2D eigenvalue weighted by atomic mass is 10.1. The van der Waals surface area contributed by atoms with Crippen molar-refractivity contribution in [3.63, 3.8) is 0 Å². The first-order valence-corrected chi connectivity index (χ1v) is 4.35. The standard InChI is InChI=1S/C5H11NO2.C4H9O/c1-3(2)4(6)5(7)8;1-2-3-4-5/h3-4H,6H2,1-2H3,(H,7,8);5H,1-4H2/t4-;/m0./s1. The summed E-state index contributed by atoms with van der Waals surface area (Å²) in [5.74, 6) is -0.910. The van der Waals surface area contributed by atoms with Crippen LogP contribution in [0, 0.1) is 12.8 Å². The second-order valence-electron chi connectivity index (χ2n) is 3.04. The van der Waals surface area contributed by atoms with Crippen LogP contribution in [0.15, 0.2) is 0 Å². The third-order valence-electron chi connectivity index (χ3n) is 1.41. The van der Waals surface area contributed by atoms with Crippen molar-refractivity contribution in [1.82, 2.24) is 0 Å². The fraction of sp³-hybridized carbons (Fsp3) is 0.778. The summed E-state index contributed by atoms with van der Waals surface area (Å²) in [4.78, 5) is 10.0. The van der Waals surface area contributed by atoms with Crippen LogP contribution < -0.4 is 5.73 Å². The second kappa shape index (κ2) is 9.48. The molecule has 0 bridgehead atoms. The average Bonchev–Trinajstić information content (AvgIpc) is 2.05. The summed E-state index contributed by atoms with van der Waals surface area (Å²) in [5.41, 5.74) is 5.16. The zero-order valence-corrected chi connectivity index (χ0v) is 8.36. The van der Waals surface area contributed by atoms with Gasteiger partial charge in [0.2, 0.25) is 0 Å². The van der Waals surface area contributed by atoms with Crippen LogP contribution in [0.5, 0.6) is 0 Å². The van der Waals surface area contributed by atoms with Crippen LogP contribution in [0.3, 0.4) is 0 Å². The molecule has 1 atom stereocenters. The number of aliphatic carboxylic acids is 1. The molecule has 0 heterocycles. The highest BCUT2D eigenvalue weighted by Crippen LogP contribution is 1.96. The van der Waals surface area contributed by atoms with Gasteiger partial charge in [0.15, 0.2) is 0 Å². The van der Waals surface area contributed by atoms with E-state index in [1.807, 2.05) is 0 Å². The van der Waals surface area contributed by atoms with Gasteiger partial charge in [0, 0.05) is 6.61 Å². The number of carboxylic acids is 1. The van der Waals surface area contributed by atoms with Gasteiger partial charge in [0.1, 0.15) is 6.04 Å². The van der Waals surface area contributed by atoms with Crippen molar-refractivity contribution in [3.05, 3.63) is 6.92 Å². The monoisotopic (exact) mass is 190 g/mol. The molecule has 0 aromatic rings. The molecule has 1 radical (unpaired) electrons. The van der Waals surface area contributed by atoms with Crippen LogP contribution in [0.4, 0.5) is 0 Å². The molecule has 4 N–H and O–H groups in total. The molecular formula is C9H20NO3. The molecule has 0 aliphatic carbocycles. The van der Waals surface area contributed by atoms with E-state index >= 15 is 0 Å². The van der Waals surface area contributed by atoms with E-state index < -0.39 is 12.0 Å². The molecule has 4 nitrogen and oxygen atoms in total. The maximum absolute atomic E-state index is 10.0. The van der Waals surface area contributed by atoms with Gasteiger partial charge >= 0.3 is 5.97 Å². The van der Waals surface area contributed by atoms with E-state index in [9.17, 15) is 4.79 Å². The average molecular weight is 190 g/mol. The van der Waals surface area contributed by atoms with Crippen LogP contribution in [0.1, 0.15) is 26.7 Å². The van der Waals surface area contributed by atoms with Gasteiger partial charge in [0.05, 0.1) is 0 Å². The molecule has 79 valence electrons. The Labute approximate surface area is 79.8 Å². The van der Waals surface area contributed by atoms with Crippen LogP contribution >= 0.6 is 0 Å². The van der Waals surface area contributed by atoms with Gasteiger partial charge in [-0.1, -0.05) is 27.2 Å². The summed E-state index contributed by atoms with van der Waals surface area (Å²) in [7, 11) is 0. The quantitative estimate of drug-likeness (QED) is 0.607. The number of hydrogen-bond donors (Lipinski definition) is 3. The van der Waals surface area contributed by atoms with E-state index in [0.29, 0.717) is 0 Å². The van der Waals surface area contributed by atoms with E-state index in [4.69, 9.17) is 15.9 Å². The third kappa shape index (κ3) is 11.4. The minimum absolute atomic E-state index is 0.0208. The number of carbonyl (C=O) groups is 1. The number of aliphatic hydroxyl groups is 1. The molecule has 0 aliphatic rings. The lowest BCUT2D eigenvalue weighted by Gasteiger charge is -2.07. The van der Waals surface area contributed by atoms with Gasteiger partial charge < -0.3 is 15.9 Å². The molecule has 0 fully saturated rings. The van der Waals surface area contributed by atoms with Crippen molar-refractivity contribution in [2.45, 2.75) is 32.7 Å². The maximum Gasteiger partial charge on any atom is 0.320 e. The first-order valence-electron chi connectivity index (χ1n) is 4.35. The summed E-state index contributed by atoms with van der Waals surface area (Å²) in [6, 6.07) is -0.713. The fourth-order valence-corrected chi connectivity index (χ4v) is 0.397. The molecule has 0 unspecified atom stereocenters. The maximum atomic E-state index is 10.0. The number of aliphatic hydroxyl groups excluding tert-OH is 1. The SMILES string of the molecule is CC(C)[C@H](N)C(=O)O.[CH2]CCCO. The first kappa shape index (κ1) is 14.9. The van der Waals surface area contributed by atoms with Crippen LogP contribution in [0.25, 0.3) is 0 Å². The Hall–Kier alpha value is -0.610. The minimum Gasteiger partial charge on any atom is -0.480 e. The molecule has 4 heteroatoms. The van der Waals surface area contributed by atoms with Crippen molar-refractivity contribution in [2.75, 3.05) is 6.61 Å². The largest absolute Gasteiger partial charge is 0.480 e. The molecule has 0 saturated carbocycles. The number of carboxylic acid groups (broad SMARTS) is 1. The van der Waals surface area contributed by atoms with Crippen LogP contribution in [0.2, 0.25) is 0 Å². The van der Waals surface area contributed by atoms with Crippen LogP contribution in [-0.4, -0.2) is 28.8 Å².